The maximum atomic E-state index is 12.2. The van der Waals surface area contributed by atoms with Gasteiger partial charge < -0.3 is 20.4 Å². The minimum atomic E-state index is -0.182. The number of guanidine groups is 1. The summed E-state index contributed by atoms with van der Waals surface area (Å²) in [6.45, 7) is 4.35. The Morgan fingerprint density at radius 2 is 1.72 bits per heavy atom. The molecule has 0 unspecified atom stereocenters. The van der Waals surface area contributed by atoms with Crippen molar-refractivity contribution in [1.82, 2.24) is 25.5 Å². The molecule has 10 heteroatoms. The standard InChI is InChI=1S/C19H24ClN7O.HI/c1-21-18(25-10-9-22-17(28)15-5-2-3-6-16(15)20)26-11-13-27(14-12-26)19-23-7-4-8-24-19;/h2-8H,9-14H2,1H3,(H,21,25)(H,22,28);1H. The molecule has 2 N–H and O–H groups in total. The Balaban J connectivity index is 0.00000300. The summed E-state index contributed by atoms with van der Waals surface area (Å²) >= 11 is 6.05. The van der Waals surface area contributed by atoms with Crippen molar-refractivity contribution < 1.29 is 4.79 Å². The lowest BCUT2D eigenvalue weighted by molar-refractivity contribution is 0.0954. The molecule has 0 saturated carbocycles. The van der Waals surface area contributed by atoms with Crippen LogP contribution in [0.25, 0.3) is 0 Å². The Hall–Kier alpha value is -2.14. The molecule has 1 amide bonds. The van der Waals surface area contributed by atoms with Gasteiger partial charge in [-0.25, -0.2) is 9.97 Å². The van der Waals surface area contributed by atoms with Gasteiger partial charge in [0.25, 0.3) is 5.91 Å². The fraction of sp³-hybridized carbons (Fsp3) is 0.368. The zero-order valence-corrected chi connectivity index (χ0v) is 19.3. The van der Waals surface area contributed by atoms with Gasteiger partial charge >= 0.3 is 0 Å². The van der Waals surface area contributed by atoms with Crippen LogP contribution in [0.1, 0.15) is 10.4 Å². The second-order valence-electron chi connectivity index (χ2n) is 6.23. The van der Waals surface area contributed by atoms with Gasteiger partial charge in [0.2, 0.25) is 5.95 Å². The molecule has 1 aliphatic rings. The van der Waals surface area contributed by atoms with Crippen LogP contribution in [0.5, 0.6) is 0 Å². The molecular formula is C19H25ClIN7O. The van der Waals surface area contributed by atoms with Crippen molar-refractivity contribution in [3.63, 3.8) is 0 Å². The number of piperazine rings is 1. The van der Waals surface area contributed by atoms with Gasteiger partial charge in [-0.2, -0.15) is 0 Å². The van der Waals surface area contributed by atoms with Crippen LogP contribution in [-0.4, -0.2) is 73.1 Å². The zero-order valence-electron chi connectivity index (χ0n) is 16.2. The van der Waals surface area contributed by atoms with Crippen LogP contribution in [0, 0.1) is 0 Å². The van der Waals surface area contributed by atoms with E-state index in [1.807, 2.05) is 6.07 Å². The average molecular weight is 530 g/mol. The van der Waals surface area contributed by atoms with Gasteiger partial charge in [0.15, 0.2) is 5.96 Å². The number of hydrogen-bond acceptors (Lipinski definition) is 5. The number of hydrogen-bond donors (Lipinski definition) is 2. The third-order valence-corrected chi connectivity index (χ3v) is 4.77. The fourth-order valence-electron chi connectivity index (χ4n) is 3.00. The number of carbonyl (C=O) groups excluding carboxylic acids is 1. The summed E-state index contributed by atoms with van der Waals surface area (Å²) in [5, 5.41) is 6.61. The van der Waals surface area contributed by atoms with E-state index in [-0.39, 0.29) is 29.9 Å². The molecule has 2 aromatic rings. The molecule has 29 heavy (non-hydrogen) atoms. The van der Waals surface area contributed by atoms with Gasteiger partial charge in [-0.1, -0.05) is 23.7 Å². The maximum Gasteiger partial charge on any atom is 0.252 e. The molecule has 156 valence electrons. The smallest absolute Gasteiger partial charge is 0.252 e. The van der Waals surface area contributed by atoms with Crippen molar-refractivity contribution in [1.29, 1.82) is 0 Å². The summed E-state index contributed by atoms with van der Waals surface area (Å²) in [7, 11) is 1.76. The molecule has 1 aromatic carbocycles. The number of benzene rings is 1. The SMILES string of the molecule is CN=C(NCCNC(=O)c1ccccc1Cl)N1CCN(c2ncccn2)CC1.I. The number of carbonyl (C=O) groups is 1. The van der Waals surface area contributed by atoms with Crippen molar-refractivity contribution in [2.75, 3.05) is 51.2 Å². The first-order chi connectivity index (χ1) is 13.7. The molecule has 1 fully saturated rings. The average Bonchev–Trinajstić information content (AvgIpc) is 2.75. The molecule has 2 heterocycles. The molecule has 1 saturated heterocycles. The van der Waals surface area contributed by atoms with Crippen LogP contribution < -0.4 is 15.5 Å². The number of amides is 1. The normalized spacial score (nSPS) is 14.2. The van der Waals surface area contributed by atoms with E-state index in [1.165, 1.54) is 0 Å². The Labute approximate surface area is 192 Å². The van der Waals surface area contributed by atoms with E-state index in [4.69, 9.17) is 11.6 Å². The quantitative estimate of drug-likeness (QED) is 0.266. The second kappa shape index (κ2) is 11.8. The van der Waals surface area contributed by atoms with E-state index in [0.717, 1.165) is 38.1 Å². The lowest BCUT2D eigenvalue weighted by Gasteiger charge is -2.36. The second-order valence-corrected chi connectivity index (χ2v) is 6.64. The first-order valence-corrected chi connectivity index (χ1v) is 9.57. The Bertz CT molecular complexity index is 813. The van der Waals surface area contributed by atoms with Crippen LogP contribution in [-0.2, 0) is 0 Å². The highest BCUT2D eigenvalue weighted by molar-refractivity contribution is 14.0. The van der Waals surface area contributed by atoms with Crippen molar-refractivity contribution in [3.05, 3.63) is 53.3 Å². The summed E-state index contributed by atoms with van der Waals surface area (Å²) in [5.41, 5.74) is 0.479. The number of halogens is 2. The number of aliphatic imine (C=N–C) groups is 1. The molecule has 1 aromatic heterocycles. The van der Waals surface area contributed by atoms with E-state index >= 15 is 0 Å². The molecule has 0 bridgehead atoms. The molecular weight excluding hydrogens is 505 g/mol. The summed E-state index contributed by atoms with van der Waals surface area (Å²) in [6, 6.07) is 8.82. The van der Waals surface area contributed by atoms with Crippen LogP contribution in [0.3, 0.4) is 0 Å². The number of nitrogens with one attached hydrogen (secondary N) is 2. The van der Waals surface area contributed by atoms with E-state index in [2.05, 4.69) is 35.4 Å². The minimum Gasteiger partial charge on any atom is -0.354 e. The maximum absolute atomic E-state index is 12.2. The summed E-state index contributed by atoms with van der Waals surface area (Å²) in [5.74, 6) is 1.40. The van der Waals surface area contributed by atoms with E-state index in [9.17, 15) is 4.79 Å². The molecule has 1 aliphatic heterocycles. The number of anilines is 1. The lowest BCUT2D eigenvalue weighted by Crippen LogP contribution is -2.53. The van der Waals surface area contributed by atoms with Crippen LogP contribution in [0.2, 0.25) is 5.02 Å². The van der Waals surface area contributed by atoms with E-state index in [0.29, 0.717) is 23.7 Å². The first kappa shape index (κ1) is 23.1. The van der Waals surface area contributed by atoms with Gasteiger partial charge in [0, 0.05) is 58.7 Å². The fourth-order valence-corrected chi connectivity index (χ4v) is 3.22. The van der Waals surface area contributed by atoms with Gasteiger partial charge in [-0.05, 0) is 18.2 Å². The topological polar surface area (TPSA) is 85.8 Å². The predicted octanol–water partition coefficient (Wildman–Crippen LogP) is 1.88. The van der Waals surface area contributed by atoms with Gasteiger partial charge in [-0.3, -0.25) is 9.79 Å². The lowest BCUT2D eigenvalue weighted by atomic mass is 10.2. The van der Waals surface area contributed by atoms with Crippen LogP contribution in [0.4, 0.5) is 5.95 Å². The van der Waals surface area contributed by atoms with E-state index < -0.39 is 0 Å². The summed E-state index contributed by atoms with van der Waals surface area (Å²) < 4.78 is 0. The predicted molar refractivity (Wildman–Crippen MR) is 126 cm³/mol. The highest BCUT2D eigenvalue weighted by Gasteiger charge is 2.20. The first-order valence-electron chi connectivity index (χ1n) is 9.19. The van der Waals surface area contributed by atoms with Gasteiger partial charge in [0.05, 0.1) is 10.6 Å². The summed E-state index contributed by atoms with van der Waals surface area (Å²) in [4.78, 5) is 29.5. The minimum absolute atomic E-state index is 0. The summed E-state index contributed by atoms with van der Waals surface area (Å²) in [6.07, 6.45) is 3.51. The van der Waals surface area contributed by atoms with Crippen molar-refractivity contribution in [2.45, 2.75) is 0 Å². The molecule has 8 nitrogen and oxygen atoms in total. The highest BCUT2D eigenvalue weighted by Crippen LogP contribution is 2.14. The third kappa shape index (κ3) is 6.43. The molecule has 0 atom stereocenters. The molecule has 0 aliphatic carbocycles. The number of rotatable bonds is 5. The zero-order chi connectivity index (χ0) is 19.8. The van der Waals surface area contributed by atoms with Crippen LogP contribution >= 0.6 is 35.6 Å². The Kier molecular flexibility index (Phi) is 9.39. The van der Waals surface area contributed by atoms with Gasteiger partial charge in [-0.15, -0.1) is 24.0 Å². The largest absolute Gasteiger partial charge is 0.354 e. The monoisotopic (exact) mass is 529 g/mol. The highest BCUT2D eigenvalue weighted by atomic mass is 127. The molecule has 0 spiro atoms. The van der Waals surface area contributed by atoms with Crippen molar-refractivity contribution in [3.8, 4) is 0 Å². The van der Waals surface area contributed by atoms with Crippen molar-refractivity contribution in [2.24, 2.45) is 4.99 Å². The molecule has 3 rings (SSSR count). The van der Waals surface area contributed by atoms with Crippen molar-refractivity contribution >= 4 is 53.4 Å². The number of nitrogens with zero attached hydrogens (tertiary/aromatic N) is 5. The Morgan fingerprint density at radius 3 is 2.38 bits per heavy atom. The Morgan fingerprint density at radius 1 is 1.07 bits per heavy atom. The third-order valence-electron chi connectivity index (χ3n) is 4.44. The molecule has 0 radical (unpaired) electrons. The number of aromatic nitrogens is 2. The van der Waals surface area contributed by atoms with Gasteiger partial charge in [0.1, 0.15) is 0 Å². The van der Waals surface area contributed by atoms with Crippen LogP contribution in [0.15, 0.2) is 47.7 Å². The van der Waals surface area contributed by atoms with E-state index in [1.54, 1.807) is 43.7 Å².